The zero-order valence-electron chi connectivity index (χ0n) is 31.6. The number of carbonyl (C=O) groups excluding carboxylic acids is 1. The minimum Gasteiger partial charge on any atom is -0.361 e. The molecule has 6 heterocycles. The van der Waals surface area contributed by atoms with E-state index in [1.54, 1.807) is 7.11 Å². The van der Waals surface area contributed by atoms with E-state index >= 15 is 0 Å². The Kier molecular flexibility index (Phi) is 10.8. The summed E-state index contributed by atoms with van der Waals surface area (Å²) in [7, 11) is 3.70. The van der Waals surface area contributed by atoms with E-state index in [9.17, 15) is 10.0 Å². The minimum absolute atomic E-state index is 0.0344. The molecule has 4 aromatic heterocycles. The fraction of sp³-hybridized carbons (Fsp3) is 0.513. The van der Waals surface area contributed by atoms with Gasteiger partial charge in [-0.05, 0) is 68.7 Å². The van der Waals surface area contributed by atoms with Gasteiger partial charge in [0, 0.05) is 65.4 Å². The van der Waals surface area contributed by atoms with Gasteiger partial charge in [0.15, 0.2) is 5.65 Å². The molecule has 1 amide bonds. The molecule has 14 heteroatoms. The number of hydrogen-bond acceptors (Lipinski definition) is 12. The molecule has 282 valence electrons. The van der Waals surface area contributed by atoms with E-state index in [4.69, 9.17) is 30.5 Å². The first-order valence-electron chi connectivity index (χ1n) is 18.9. The van der Waals surface area contributed by atoms with Crippen LogP contribution in [0.2, 0.25) is 0 Å². The van der Waals surface area contributed by atoms with Crippen molar-refractivity contribution in [3.05, 3.63) is 48.7 Å². The van der Waals surface area contributed by atoms with E-state index in [0.29, 0.717) is 24.7 Å². The number of likely N-dealkylation sites (N-methyl/N-ethyl adjacent to an activating group) is 1. The molecule has 1 unspecified atom stereocenters. The molecule has 7 N–H and O–H groups in total. The standard InChI is InChI=1S/C39H53N11O3/c1-21(2)28(48-53-6)16-24(9-7-13-40)36-44-35-27-19-41-29(17-25(27)18-43-37(35)46-36)23-11-12-26-30(15-23)42-20-32-34(26)45-38(49(32)5)31-10-8-14-50(31)39(51)33(47-52)22(3)4/h11-12,15,17-22,24,28,31,33,38,41,45,47-48,52H,7-10,13-14,16,40H2,1-6H3/t24-,28-,31+,33+,38?/m1/s1. The highest BCUT2D eigenvalue weighted by molar-refractivity contribution is 6.04. The zero-order valence-corrected chi connectivity index (χ0v) is 31.6. The van der Waals surface area contributed by atoms with Gasteiger partial charge in [-0.25, -0.2) is 15.0 Å². The molecule has 0 bridgehead atoms. The van der Waals surface area contributed by atoms with Crippen molar-refractivity contribution in [2.45, 2.75) is 90.0 Å². The maximum atomic E-state index is 13.5. The number of aromatic amines is 1. The molecule has 5 atom stereocenters. The number of anilines is 2. The fourth-order valence-corrected chi connectivity index (χ4v) is 8.13. The summed E-state index contributed by atoms with van der Waals surface area (Å²) < 4.78 is 0. The van der Waals surface area contributed by atoms with E-state index in [2.05, 4.69) is 64.3 Å². The third kappa shape index (κ3) is 7.01. The second-order valence-electron chi connectivity index (χ2n) is 15.3. The summed E-state index contributed by atoms with van der Waals surface area (Å²) >= 11 is 0. The van der Waals surface area contributed by atoms with Gasteiger partial charge in [-0.3, -0.25) is 9.78 Å². The molecule has 2 aliphatic heterocycles. The highest BCUT2D eigenvalue weighted by atomic mass is 16.6. The molecule has 1 aromatic carbocycles. The van der Waals surface area contributed by atoms with Crippen molar-refractivity contribution in [1.82, 2.24) is 40.8 Å². The first-order chi connectivity index (χ1) is 25.6. The molecule has 0 saturated carbocycles. The molecule has 53 heavy (non-hydrogen) atoms. The van der Waals surface area contributed by atoms with E-state index in [-0.39, 0.29) is 36.0 Å². The van der Waals surface area contributed by atoms with Crippen LogP contribution in [0.5, 0.6) is 0 Å². The number of pyridine rings is 3. The molecule has 2 aliphatic rings. The third-order valence-corrected chi connectivity index (χ3v) is 11.2. The normalized spacial score (nSPS) is 19.1. The summed E-state index contributed by atoms with van der Waals surface area (Å²) in [6, 6.07) is 7.90. The van der Waals surface area contributed by atoms with Crippen LogP contribution in [0.4, 0.5) is 11.4 Å². The predicted molar refractivity (Wildman–Crippen MR) is 208 cm³/mol. The lowest BCUT2D eigenvalue weighted by Crippen LogP contribution is -2.56. The Bertz CT molecular complexity index is 2080. The maximum absolute atomic E-state index is 13.5. The fourth-order valence-electron chi connectivity index (χ4n) is 8.13. The number of nitrogens with one attached hydrogen (secondary N) is 4. The Labute approximate surface area is 310 Å². The van der Waals surface area contributed by atoms with Crippen molar-refractivity contribution in [1.29, 1.82) is 0 Å². The number of H-pyrrole nitrogens is 1. The van der Waals surface area contributed by atoms with Crippen LogP contribution in [0.3, 0.4) is 0 Å². The van der Waals surface area contributed by atoms with Gasteiger partial charge in [-0.2, -0.15) is 11.0 Å². The summed E-state index contributed by atoms with van der Waals surface area (Å²) in [5, 5.41) is 16.4. The Morgan fingerprint density at radius 2 is 1.94 bits per heavy atom. The number of nitrogens with zero attached hydrogens (tertiary/aromatic N) is 6. The van der Waals surface area contributed by atoms with E-state index in [1.165, 1.54) is 0 Å². The van der Waals surface area contributed by atoms with E-state index < -0.39 is 6.04 Å². The van der Waals surface area contributed by atoms with Gasteiger partial charge in [0.25, 0.3) is 0 Å². The molecule has 0 spiro atoms. The zero-order chi connectivity index (χ0) is 37.4. The number of fused-ring (bicyclic) bond motifs is 6. The van der Waals surface area contributed by atoms with E-state index in [0.717, 1.165) is 87.8 Å². The number of rotatable bonds is 14. The topological polar surface area (TPSA) is 182 Å². The lowest BCUT2D eigenvalue weighted by molar-refractivity contribution is -0.138. The van der Waals surface area contributed by atoms with E-state index in [1.807, 2.05) is 44.4 Å². The van der Waals surface area contributed by atoms with Gasteiger partial charge < -0.3 is 35.9 Å². The molecule has 1 saturated heterocycles. The number of aromatic nitrogens is 5. The van der Waals surface area contributed by atoms with Crippen LogP contribution in [0.25, 0.3) is 44.1 Å². The summed E-state index contributed by atoms with van der Waals surface area (Å²) in [5.74, 6) is 1.19. The number of amides is 1. The molecular formula is C39H53N11O3. The number of hydrogen-bond donors (Lipinski definition) is 6. The van der Waals surface area contributed by atoms with Crippen LogP contribution >= 0.6 is 0 Å². The van der Waals surface area contributed by atoms with Crippen LogP contribution in [0, 0.1) is 11.8 Å². The second kappa shape index (κ2) is 15.5. The quantitative estimate of drug-likeness (QED) is 0.0816. The maximum Gasteiger partial charge on any atom is 0.242 e. The smallest absolute Gasteiger partial charge is 0.242 e. The Morgan fingerprint density at radius 1 is 1.11 bits per heavy atom. The molecule has 7 rings (SSSR count). The molecule has 0 aliphatic carbocycles. The highest BCUT2D eigenvalue weighted by Crippen LogP contribution is 2.42. The molecule has 0 radical (unpaired) electrons. The van der Waals surface area contributed by atoms with Crippen molar-refractivity contribution < 1.29 is 14.8 Å². The molecule has 14 nitrogen and oxygen atoms in total. The number of nitrogens with two attached hydrogens (primary N) is 1. The number of carbonyl (C=O) groups is 1. The minimum atomic E-state index is -0.639. The first kappa shape index (κ1) is 36.9. The van der Waals surface area contributed by atoms with Crippen LogP contribution in [0.15, 0.2) is 42.9 Å². The Hall–Kier alpha value is -4.47. The molecule has 1 fully saturated rings. The number of hydroxylamine groups is 2. The number of imidazole rings is 1. The van der Waals surface area contributed by atoms with Crippen LogP contribution in [-0.4, -0.2) is 92.5 Å². The Morgan fingerprint density at radius 3 is 2.68 bits per heavy atom. The van der Waals surface area contributed by atoms with Crippen LogP contribution in [0.1, 0.15) is 71.5 Å². The summed E-state index contributed by atoms with van der Waals surface area (Å²) in [6.07, 6.45) is 10.1. The van der Waals surface area contributed by atoms with Crippen molar-refractivity contribution >= 4 is 50.1 Å². The van der Waals surface area contributed by atoms with Crippen molar-refractivity contribution in [3.63, 3.8) is 0 Å². The number of benzene rings is 1. The number of likely N-dealkylation sites (tertiary alicyclic amines) is 1. The largest absolute Gasteiger partial charge is 0.361 e. The predicted octanol–water partition coefficient (Wildman–Crippen LogP) is 5.29. The lowest BCUT2D eigenvalue weighted by Gasteiger charge is -2.36. The summed E-state index contributed by atoms with van der Waals surface area (Å²) in [5.41, 5.74) is 17.6. The second-order valence-corrected chi connectivity index (χ2v) is 15.3. The average Bonchev–Trinajstić information content (AvgIpc) is 3.90. The Balaban J connectivity index is 1.15. The monoisotopic (exact) mass is 723 g/mol. The van der Waals surface area contributed by atoms with Gasteiger partial charge in [-0.1, -0.05) is 33.8 Å². The molecule has 5 aromatic rings. The summed E-state index contributed by atoms with van der Waals surface area (Å²) in [4.78, 5) is 46.0. The highest BCUT2D eigenvalue weighted by Gasteiger charge is 2.43. The van der Waals surface area contributed by atoms with Gasteiger partial charge >= 0.3 is 0 Å². The van der Waals surface area contributed by atoms with Gasteiger partial charge in [0.1, 0.15) is 23.5 Å². The summed E-state index contributed by atoms with van der Waals surface area (Å²) in [6.45, 7) is 9.52. The van der Waals surface area contributed by atoms with Crippen molar-refractivity contribution in [3.8, 4) is 11.3 Å². The van der Waals surface area contributed by atoms with Crippen molar-refractivity contribution in [2.75, 3.05) is 37.5 Å². The molecular weight excluding hydrogens is 671 g/mol. The van der Waals surface area contributed by atoms with Crippen LogP contribution < -0.4 is 26.9 Å². The van der Waals surface area contributed by atoms with Gasteiger partial charge in [-0.15, -0.1) is 0 Å². The van der Waals surface area contributed by atoms with Crippen LogP contribution in [-0.2, 0) is 9.63 Å². The van der Waals surface area contributed by atoms with Gasteiger partial charge in [0.2, 0.25) is 5.91 Å². The third-order valence-electron chi connectivity index (χ3n) is 11.2. The average molecular weight is 724 g/mol. The lowest BCUT2D eigenvalue weighted by atomic mass is 9.89. The SMILES string of the molecule is CON[C@H](C[C@@H](CCCN)c1nc2ncc3cc(-c4ccc5c6c(cnc5c4)N(C)C([C@@H]4CCCN4C(=O)[C@@H](NO)C(C)C)N6)[nH]cc3c2n1)C(C)C. The van der Waals surface area contributed by atoms with Gasteiger partial charge in [0.05, 0.1) is 36.2 Å². The van der Waals surface area contributed by atoms with Crippen molar-refractivity contribution in [2.24, 2.45) is 17.6 Å². The first-order valence-corrected chi connectivity index (χ1v) is 18.9.